The van der Waals surface area contributed by atoms with E-state index in [2.05, 4.69) is 15.5 Å². The van der Waals surface area contributed by atoms with Gasteiger partial charge >= 0.3 is 6.01 Å². The van der Waals surface area contributed by atoms with E-state index in [0.717, 1.165) is 27.8 Å². The molecule has 7 nitrogen and oxygen atoms in total. The highest BCUT2D eigenvalue weighted by molar-refractivity contribution is 5.94. The van der Waals surface area contributed by atoms with Crippen molar-refractivity contribution in [1.82, 2.24) is 14.8 Å². The Bertz CT molecular complexity index is 1100. The summed E-state index contributed by atoms with van der Waals surface area (Å²) in [5.74, 6) is 1.56. The molecule has 0 bridgehead atoms. The highest BCUT2D eigenvalue weighted by Gasteiger charge is 2.17. The van der Waals surface area contributed by atoms with Gasteiger partial charge in [0.2, 0.25) is 5.91 Å². The summed E-state index contributed by atoms with van der Waals surface area (Å²) in [6.45, 7) is 3.67. The van der Waals surface area contributed by atoms with E-state index in [1.807, 2.05) is 62.0 Å². The number of anilines is 1. The lowest BCUT2D eigenvalue weighted by Crippen LogP contribution is -2.14. The lowest BCUT2D eigenvalue weighted by molar-refractivity contribution is -0.115. The van der Waals surface area contributed by atoms with Gasteiger partial charge in [-0.2, -0.15) is 0 Å². The minimum Gasteiger partial charge on any atom is -0.466 e. The van der Waals surface area contributed by atoms with Crippen molar-refractivity contribution in [1.29, 1.82) is 0 Å². The van der Waals surface area contributed by atoms with Crippen LogP contribution in [0.5, 0.6) is 0 Å². The number of aryl methyl sites for hydroxylation is 3. The molecule has 26 heavy (non-hydrogen) atoms. The van der Waals surface area contributed by atoms with Crippen LogP contribution in [0.2, 0.25) is 0 Å². The second-order valence-corrected chi connectivity index (χ2v) is 6.25. The predicted molar refractivity (Wildman–Crippen MR) is 96.7 cm³/mol. The first kappa shape index (κ1) is 16.1. The maximum absolute atomic E-state index is 12.4. The Balaban J connectivity index is 1.51. The van der Waals surface area contributed by atoms with Crippen molar-refractivity contribution in [3.8, 4) is 11.5 Å². The number of para-hydroxylation sites is 1. The number of fused-ring (bicyclic) bond motifs is 1. The van der Waals surface area contributed by atoms with Gasteiger partial charge in [0.05, 0.1) is 12.0 Å². The number of rotatable bonds is 4. The molecule has 0 radical (unpaired) electrons. The van der Waals surface area contributed by atoms with E-state index in [1.54, 1.807) is 0 Å². The van der Waals surface area contributed by atoms with Crippen molar-refractivity contribution < 1.29 is 13.6 Å². The van der Waals surface area contributed by atoms with E-state index in [-0.39, 0.29) is 18.3 Å². The molecular formula is C19H18N4O3. The third-order valence-corrected chi connectivity index (χ3v) is 4.27. The fourth-order valence-electron chi connectivity index (χ4n) is 3.13. The Hall–Kier alpha value is -3.35. The van der Waals surface area contributed by atoms with Crippen LogP contribution >= 0.6 is 0 Å². The number of amides is 1. The number of aromatic nitrogens is 3. The maximum Gasteiger partial charge on any atom is 0.322 e. The van der Waals surface area contributed by atoms with Crippen molar-refractivity contribution in [2.75, 3.05) is 5.32 Å². The monoisotopic (exact) mass is 350 g/mol. The molecule has 0 aliphatic carbocycles. The smallest absolute Gasteiger partial charge is 0.322 e. The van der Waals surface area contributed by atoms with Crippen molar-refractivity contribution >= 4 is 22.8 Å². The van der Waals surface area contributed by atoms with Crippen LogP contribution in [0.3, 0.4) is 0 Å². The van der Waals surface area contributed by atoms with Crippen molar-refractivity contribution in [3.05, 3.63) is 53.6 Å². The summed E-state index contributed by atoms with van der Waals surface area (Å²) in [4.78, 5) is 12.4. The van der Waals surface area contributed by atoms with Crippen molar-refractivity contribution in [2.24, 2.45) is 7.05 Å². The molecule has 0 saturated carbocycles. The quantitative estimate of drug-likeness (QED) is 0.607. The molecule has 0 spiro atoms. The van der Waals surface area contributed by atoms with E-state index in [0.29, 0.717) is 11.7 Å². The second-order valence-electron chi connectivity index (χ2n) is 6.25. The minimum atomic E-state index is -0.211. The maximum atomic E-state index is 12.4. The van der Waals surface area contributed by atoms with Gasteiger partial charge in [0, 0.05) is 24.1 Å². The van der Waals surface area contributed by atoms with Crippen LogP contribution in [0.1, 0.15) is 17.1 Å². The normalized spacial score (nSPS) is 11.2. The van der Waals surface area contributed by atoms with Gasteiger partial charge < -0.3 is 13.4 Å². The van der Waals surface area contributed by atoms with Gasteiger partial charge in [-0.05, 0) is 31.5 Å². The number of furan rings is 1. The summed E-state index contributed by atoms with van der Waals surface area (Å²) in [6.07, 6.45) is 2.18. The third-order valence-electron chi connectivity index (χ3n) is 4.27. The number of carbonyl (C=O) groups is 1. The molecule has 0 unspecified atom stereocenters. The highest BCUT2D eigenvalue weighted by Crippen LogP contribution is 2.26. The van der Waals surface area contributed by atoms with Crippen LogP contribution in [0.25, 0.3) is 22.4 Å². The van der Waals surface area contributed by atoms with E-state index in [4.69, 9.17) is 8.83 Å². The SMILES string of the molecule is Cc1cc(-c2nnc(NC(=O)Cc3cn(C)c4ccccc34)o2)c(C)o1. The molecule has 1 N–H and O–H groups in total. The Morgan fingerprint density at radius 1 is 1.19 bits per heavy atom. The zero-order valence-corrected chi connectivity index (χ0v) is 14.7. The number of nitrogens with one attached hydrogen (secondary N) is 1. The van der Waals surface area contributed by atoms with E-state index < -0.39 is 0 Å². The molecule has 0 aliphatic heterocycles. The second kappa shape index (κ2) is 6.18. The Labute approximate surface area is 149 Å². The Morgan fingerprint density at radius 2 is 2.00 bits per heavy atom. The largest absolute Gasteiger partial charge is 0.466 e. The molecule has 3 heterocycles. The average molecular weight is 350 g/mol. The van der Waals surface area contributed by atoms with Gasteiger partial charge in [0.25, 0.3) is 5.89 Å². The molecular weight excluding hydrogens is 332 g/mol. The standard InChI is InChI=1S/C19H18N4O3/c1-11-8-15(12(2)25-11)18-21-22-19(26-18)20-17(24)9-13-10-23(3)16-7-5-4-6-14(13)16/h4-8,10H,9H2,1-3H3,(H,20,22,24). The summed E-state index contributed by atoms with van der Waals surface area (Å²) in [7, 11) is 1.96. The van der Waals surface area contributed by atoms with Gasteiger partial charge in [-0.15, -0.1) is 5.10 Å². The Kier molecular flexibility index (Phi) is 3.84. The summed E-state index contributed by atoms with van der Waals surface area (Å²) in [5, 5.41) is 11.6. The topological polar surface area (TPSA) is 86.1 Å². The van der Waals surface area contributed by atoms with E-state index in [9.17, 15) is 4.79 Å². The first-order valence-corrected chi connectivity index (χ1v) is 8.25. The summed E-state index contributed by atoms with van der Waals surface area (Å²) in [5.41, 5.74) is 2.76. The van der Waals surface area contributed by atoms with E-state index >= 15 is 0 Å². The molecule has 7 heteroatoms. The first-order chi connectivity index (χ1) is 12.5. The van der Waals surface area contributed by atoms with E-state index in [1.165, 1.54) is 0 Å². The van der Waals surface area contributed by atoms with Crippen LogP contribution in [0.4, 0.5) is 6.01 Å². The molecule has 0 atom stereocenters. The lowest BCUT2D eigenvalue weighted by atomic mass is 10.1. The summed E-state index contributed by atoms with van der Waals surface area (Å²) in [6, 6.07) is 9.87. The number of nitrogens with zero attached hydrogens (tertiary/aromatic N) is 3. The van der Waals surface area contributed by atoms with Gasteiger partial charge in [0.1, 0.15) is 11.5 Å². The fraction of sp³-hybridized carbons (Fsp3) is 0.211. The molecule has 3 aromatic heterocycles. The zero-order valence-electron chi connectivity index (χ0n) is 14.7. The summed E-state index contributed by atoms with van der Waals surface area (Å²) >= 11 is 0. The number of hydrogen-bond donors (Lipinski definition) is 1. The van der Waals surface area contributed by atoms with Crippen molar-refractivity contribution in [3.63, 3.8) is 0 Å². The van der Waals surface area contributed by atoms with Gasteiger partial charge in [-0.3, -0.25) is 10.1 Å². The van der Waals surface area contributed by atoms with Gasteiger partial charge in [-0.25, -0.2) is 0 Å². The summed E-state index contributed by atoms with van der Waals surface area (Å²) < 4.78 is 13.0. The van der Waals surface area contributed by atoms with Crippen LogP contribution < -0.4 is 5.32 Å². The minimum absolute atomic E-state index is 0.0727. The van der Waals surface area contributed by atoms with Crippen molar-refractivity contribution in [2.45, 2.75) is 20.3 Å². The molecule has 1 amide bonds. The zero-order chi connectivity index (χ0) is 18.3. The predicted octanol–water partition coefficient (Wildman–Crippen LogP) is 3.62. The van der Waals surface area contributed by atoms with Crippen LogP contribution in [-0.4, -0.2) is 20.7 Å². The third kappa shape index (κ3) is 2.88. The van der Waals surface area contributed by atoms with Crippen LogP contribution in [0, 0.1) is 13.8 Å². The molecule has 132 valence electrons. The van der Waals surface area contributed by atoms with Gasteiger partial charge in [-0.1, -0.05) is 23.3 Å². The molecule has 0 fully saturated rings. The molecule has 4 rings (SSSR count). The number of carbonyl (C=O) groups excluding carboxylic acids is 1. The number of benzene rings is 1. The lowest BCUT2D eigenvalue weighted by Gasteiger charge is -1.99. The first-order valence-electron chi connectivity index (χ1n) is 8.25. The molecule has 0 aliphatic rings. The Morgan fingerprint density at radius 3 is 2.77 bits per heavy atom. The molecule has 1 aromatic carbocycles. The molecule has 4 aromatic rings. The van der Waals surface area contributed by atoms with Crippen LogP contribution in [0.15, 0.2) is 45.4 Å². The fourth-order valence-corrected chi connectivity index (χ4v) is 3.13. The number of hydrogen-bond acceptors (Lipinski definition) is 5. The van der Waals surface area contributed by atoms with Crippen LogP contribution in [-0.2, 0) is 18.3 Å². The van der Waals surface area contributed by atoms with Gasteiger partial charge in [0.15, 0.2) is 0 Å². The highest BCUT2D eigenvalue weighted by atomic mass is 16.4. The average Bonchev–Trinajstić information content (AvgIpc) is 3.27. The molecule has 0 saturated heterocycles.